The summed E-state index contributed by atoms with van der Waals surface area (Å²) in [5.74, 6) is 0.0945. The molecule has 1 amide bonds. The number of piperidine rings is 1. The van der Waals surface area contributed by atoms with E-state index in [2.05, 4.69) is 26.2 Å². The van der Waals surface area contributed by atoms with Gasteiger partial charge in [0.05, 0.1) is 0 Å². The number of halogens is 1. The Balaban J connectivity index is 0.00000261. The van der Waals surface area contributed by atoms with Crippen molar-refractivity contribution in [2.45, 2.75) is 31.1 Å². The molecule has 2 aromatic rings. The fourth-order valence-corrected chi connectivity index (χ4v) is 4.54. The third kappa shape index (κ3) is 4.12. The van der Waals surface area contributed by atoms with Crippen LogP contribution in [0.4, 0.5) is 5.69 Å². The summed E-state index contributed by atoms with van der Waals surface area (Å²) in [4.78, 5) is 12.9. The monoisotopic (exact) mass is 414 g/mol. The number of nitrogens with one attached hydrogen (secondary N) is 2. The smallest absolute Gasteiger partial charge is 0.245 e. The highest BCUT2D eigenvalue weighted by Crippen LogP contribution is 2.30. The number of amides is 1. The van der Waals surface area contributed by atoms with E-state index in [1.807, 2.05) is 13.0 Å². The highest BCUT2D eigenvalue weighted by molar-refractivity contribution is 7.92. The minimum Gasteiger partial charge on any atom is -0.325 e. The molecule has 0 saturated carbocycles. The quantitative estimate of drug-likeness (QED) is 0.745. The highest BCUT2D eigenvalue weighted by Gasteiger charge is 2.48. The van der Waals surface area contributed by atoms with E-state index in [0.29, 0.717) is 31.1 Å². The zero-order chi connectivity index (χ0) is 18.8. The summed E-state index contributed by atoms with van der Waals surface area (Å²) in [6.45, 7) is 3.53. The van der Waals surface area contributed by atoms with Crippen molar-refractivity contribution in [2.75, 3.05) is 24.7 Å². The predicted octanol–water partition coefficient (Wildman–Crippen LogP) is 0.887. The van der Waals surface area contributed by atoms with Gasteiger partial charge in [-0.05, 0) is 55.4 Å². The SMILES string of the molecule is CCn1nnnc1-c1cccc(NC(=O)C2(S(C)(=O)=O)CCNCC2)c1.Cl. The van der Waals surface area contributed by atoms with Gasteiger partial charge in [-0.25, -0.2) is 13.1 Å². The molecule has 0 radical (unpaired) electrons. The number of benzene rings is 1. The summed E-state index contributed by atoms with van der Waals surface area (Å²) >= 11 is 0. The molecule has 1 aromatic heterocycles. The first kappa shape index (κ1) is 21.3. The number of aryl methyl sites for hydroxylation is 1. The van der Waals surface area contributed by atoms with Gasteiger partial charge in [-0.3, -0.25) is 4.79 Å². The second-order valence-corrected chi connectivity index (χ2v) is 8.70. The highest BCUT2D eigenvalue weighted by atomic mass is 35.5. The van der Waals surface area contributed by atoms with Gasteiger partial charge in [0.2, 0.25) is 5.91 Å². The van der Waals surface area contributed by atoms with E-state index in [0.717, 1.165) is 11.8 Å². The van der Waals surface area contributed by atoms with Crippen LogP contribution in [0.2, 0.25) is 0 Å². The van der Waals surface area contributed by atoms with Gasteiger partial charge >= 0.3 is 0 Å². The van der Waals surface area contributed by atoms with Crippen LogP contribution in [0.15, 0.2) is 24.3 Å². The van der Waals surface area contributed by atoms with Gasteiger partial charge in [-0.2, -0.15) is 0 Å². The van der Waals surface area contributed by atoms with Crippen molar-refractivity contribution in [3.63, 3.8) is 0 Å². The van der Waals surface area contributed by atoms with Gasteiger partial charge in [-0.15, -0.1) is 17.5 Å². The third-order valence-electron chi connectivity index (χ3n) is 4.74. The molecule has 0 atom stereocenters. The summed E-state index contributed by atoms with van der Waals surface area (Å²) in [6, 6.07) is 7.07. The normalized spacial score (nSPS) is 16.4. The summed E-state index contributed by atoms with van der Waals surface area (Å²) in [6.07, 6.45) is 1.64. The van der Waals surface area contributed by atoms with Crippen molar-refractivity contribution in [3.8, 4) is 11.4 Å². The molecule has 1 fully saturated rings. The molecule has 11 heteroatoms. The zero-order valence-corrected chi connectivity index (χ0v) is 16.8. The van der Waals surface area contributed by atoms with Gasteiger partial charge in [0.25, 0.3) is 0 Å². The Morgan fingerprint density at radius 1 is 1.33 bits per heavy atom. The van der Waals surface area contributed by atoms with Crippen molar-refractivity contribution in [2.24, 2.45) is 0 Å². The fourth-order valence-electron chi connectivity index (χ4n) is 3.20. The number of anilines is 1. The predicted molar refractivity (Wildman–Crippen MR) is 104 cm³/mol. The van der Waals surface area contributed by atoms with Crippen LogP contribution < -0.4 is 10.6 Å². The summed E-state index contributed by atoms with van der Waals surface area (Å²) in [7, 11) is -3.56. The lowest BCUT2D eigenvalue weighted by atomic mass is 9.95. The molecule has 0 unspecified atom stereocenters. The van der Waals surface area contributed by atoms with E-state index < -0.39 is 20.5 Å². The maximum Gasteiger partial charge on any atom is 0.245 e. The van der Waals surface area contributed by atoms with Gasteiger partial charge in [0, 0.05) is 24.1 Å². The van der Waals surface area contributed by atoms with E-state index in [9.17, 15) is 13.2 Å². The number of aromatic nitrogens is 4. The molecule has 9 nitrogen and oxygen atoms in total. The summed E-state index contributed by atoms with van der Waals surface area (Å²) < 4.78 is 25.0. The molecule has 1 aliphatic rings. The maximum absolute atomic E-state index is 12.9. The Bertz CT molecular complexity index is 908. The number of carbonyl (C=O) groups excluding carboxylic acids is 1. The number of hydrogen-bond acceptors (Lipinski definition) is 7. The molecule has 27 heavy (non-hydrogen) atoms. The minimum atomic E-state index is -3.56. The average Bonchev–Trinajstić information content (AvgIpc) is 3.10. The Morgan fingerprint density at radius 2 is 2.04 bits per heavy atom. The van der Waals surface area contributed by atoms with E-state index in [-0.39, 0.29) is 25.2 Å². The van der Waals surface area contributed by atoms with Crippen molar-refractivity contribution >= 4 is 33.8 Å². The number of tetrazole rings is 1. The van der Waals surface area contributed by atoms with E-state index in [1.54, 1.807) is 22.9 Å². The van der Waals surface area contributed by atoms with Crippen LogP contribution >= 0.6 is 12.4 Å². The first-order valence-corrected chi connectivity index (χ1v) is 10.3. The second kappa shape index (κ2) is 8.32. The summed E-state index contributed by atoms with van der Waals surface area (Å²) in [5.41, 5.74) is 1.26. The van der Waals surface area contributed by atoms with Gasteiger partial charge in [-0.1, -0.05) is 12.1 Å². The lowest BCUT2D eigenvalue weighted by molar-refractivity contribution is -0.119. The topological polar surface area (TPSA) is 119 Å². The lowest BCUT2D eigenvalue weighted by Crippen LogP contribution is -2.55. The third-order valence-corrected chi connectivity index (χ3v) is 6.76. The van der Waals surface area contributed by atoms with Crippen LogP contribution in [0.25, 0.3) is 11.4 Å². The number of sulfone groups is 1. The van der Waals surface area contributed by atoms with Gasteiger partial charge in [0.1, 0.15) is 0 Å². The molecule has 0 bridgehead atoms. The van der Waals surface area contributed by atoms with Crippen molar-refractivity contribution in [1.82, 2.24) is 25.5 Å². The number of nitrogens with zero attached hydrogens (tertiary/aromatic N) is 4. The largest absolute Gasteiger partial charge is 0.325 e. The van der Waals surface area contributed by atoms with E-state index in [1.165, 1.54) is 0 Å². The molecule has 0 aliphatic carbocycles. The van der Waals surface area contributed by atoms with Crippen LogP contribution in [0, 0.1) is 0 Å². The van der Waals surface area contributed by atoms with Crippen LogP contribution in [0.5, 0.6) is 0 Å². The number of rotatable bonds is 5. The van der Waals surface area contributed by atoms with Crippen molar-refractivity contribution in [1.29, 1.82) is 0 Å². The molecular weight excluding hydrogens is 392 g/mol. The first-order chi connectivity index (χ1) is 12.4. The number of hydrogen-bond donors (Lipinski definition) is 2. The molecule has 2 N–H and O–H groups in total. The average molecular weight is 415 g/mol. The molecule has 2 heterocycles. The first-order valence-electron chi connectivity index (χ1n) is 8.46. The van der Waals surface area contributed by atoms with Crippen LogP contribution in [0.3, 0.4) is 0 Å². The molecule has 1 aliphatic heterocycles. The molecule has 0 spiro atoms. The maximum atomic E-state index is 12.9. The van der Waals surface area contributed by atoms with Crippen LogP contribution in [-0.4, -0.2) is 58.6 Å². The summed E-state index contributed by atoms with van der Waals surface area (Å²) in [5, 5.41) is 17.4. The minimum absolute atomic E-state index is 0. The molecule has 1 aromatic carbocycles. The zero-order valence-electron chi connectivity index (χ0n) is 15.2. The van der Waals surface area contributed by atoms with Crippen LogP contribution in [-0.2, 0) is 21.2 Å². The van der Waals surface area contributed by atoms with Crippen molar-refractivity contribution < 1.29 is 13.2 Å². The van der Waals surface area contributed by atoms with Gasteiger partial charge in [0.15, 0.2) is 20.4 Å². The molecular formula is C16H23ClN6O3S. The Labute approximate surface area is 164 Å². The lowest BCUT2D eigenvalue weighted by Gasteiger charge is -2.34. The van der Waals surface area contributed by atoms with Crippen LogP contribution in [0.1, 0.15) is 19.8 Å². The standard InChI is InChI=1S/C16H22N6O3S.ClH/c1-3-22-14(19-20-21-22)12-5-4-6-13(11-12)18-15(23)16(26(2,24)25)7-9-17-10-8-16;/h4-6,11,17H,3,7-10H2,1-2H3,(H,18,23);1H. The number of carbonyl (C=O) groups is 1. The Kier molecular flexibility index (Phi) is 6.55. The second-order valence-electron chi connectivity index (χ2n) is 6.37. The van der Waals surface area contributed by atoms with Gasteiger partial charge < -0.3 is 10.6 Å². The molecule has 3 rings (SSSR count). The molecule has 148 valence electrons. The fraction of sp³-hybridized carbons (Fsp3) is 0.500. The Morgan fingerprint density at radius 3 is 2.67 bits per heavy atom. The van der Waals surface area contributed by atoms with Crippen molar-refractivity contribution in [3.05, 3.63) is 24.3 Å². The van der Waals surface area contributed by atoms with E-state index in [4.69, 9.17) is 0 Å². The molecule has 1 saturated heterocycles. The Hall–Kier alpha value is -2.04. The van der Waals surface area contributed by atoms with E-state index >= 15 is 0 Å².